The molecular weight excluding hydrogens is 230 g/mol. The fraction of sp³-hybridized carbons (Fsp3) is 0.538. The summed E-state index contributed by atoms with van der Waals surface area (Å²) in [6.07, 6.45) is 2.63. The standard InChI is InChI=1S/C13H21N3O2/c1-4-6-14-11-5-7-15-12(8-11)13(18)16(3)10(2)9-17/h5,7-8,10,17H,4,6,9H2,1-3H3,(H,14,15). The maximum Gasteiger partial charge on any atom is 0.272 e. The third kappa shape index (κ3) is 3.70. The van der Waals surface area contributed by atoms with E-state index >= 15 is 0 Å². The number of aromatic nitrogens is 1. The van der Waals surface area contributed by atoms with Gasteiger partial charge in [0.15, 0.2) is 0 Å². The zero-order valence-corrected chi connectivity index (χ0v) is 11.2. The minimum atomic E-state index is -0.216. The van der Waals surface area contributed by atoms with Crippen LogP contribution in [0.15, 0.2) is 18.3 Å². The lowest BCUT2D eigenvalue weighted by atomic mass is 10.2. The number of hydrogen-bond donors (Lipinski definition) is 2. The molecule has 0 spiro atoms. The molecule has 100 valence electrons. The molecule has 0 radical (unpaired) electrons. The fourth-order valence-corrected chi connectivity index (χ4v) is 1.43. The van der Waals surface area contributed by atoms with E-state index in [-0.39, 0.29) is 18.6 Å². The lowest BCUT2D eigenvalue weighted by Gasteiger charge is -2.22. The minimum Gasteiger partial charge on any atom is -0.394 e. The fourth-order valence-electron chi connectivity index (χ4n) is 1.43. The van der Waals surface area contributed by atoms with Gasteiger partial charge in [-0.3, -0.25) is 9.78 Å². The molecule has 2 N–H and O–H groups in total. The summed E-state index contributed by atoms with van der Waals surface area (Å²) in [4.78, 5) is 17.7. The maximum absolute atomic E-state index is 12.1. The number of aliphatic hydroxyl groups excluding tert-OH is 1. The smallest absolute Gasteiger partial charge is 0.272 e. The van der Waals surface area contributed by atoms with Crippen LogP contribution in [-0.4, -0.2) is 47.1 Å². The topological polar surface area (TPSA) is 65.5 Å². The number of likely N-dealkylation sites (N-methyl/N-ethyl adjacent to an activating group) is 1. The van der Waals surface area contributed by atoms with E-state index in [0.29, 0.717) is 5.69 Å². The Balaban J connectivity index is 2.79. The van der Waals surface area contributed by atoms with E-state index in [1.54, 1.807) is 26.2 Å². The Bertz CT molecular complexity index is 396. The van der Waals surface area contributed by atoms with E-state index in [9.17, 15) is 4.79 Å². The van der Waals surface area contributed by atoms with Crippen LogP contribution in [0, 0.1) is 0 Å². The highest BCUT2D eigenvalue weighted by Crippen LogP contribution is 2.10. The summed E-state index contributed by atoms with van der Waals surface area (Å²) < 4.78 is 0. The zero-order valence-electron chi connectivity index (χ0n) is 11.2. The van der Waals surface area contributed by atoms with Crippen molar-refractivity contribution in [2.24, 2.45) is 0 Å². The van der Waals surface area contributed by atoms with Gasteiger partial charge in [0.2, 0.25) is 0 Å². The van der Waals surface area contributed by atoms with Crippen molar-refractivity contribution in [1.82, 2.24) is 9.88 Å². The molecule has 0 aliphatic rings. The van der Waals surface area contributed by atoms with Gasteiger partial charge < -0.3 is 15.3 Å². The second kappa shape index (κ2) is 6.96. The van der Waals surface area contributed by atoms with Crippen molar-refractivity contribution >= 4 is 11.6 Å². The van der Waals surface area contributed by atoms with Crippen molar-refractivity contribution in [3.8, 4) is 0 Å². The second-order valence-corrected chi connectivity index (χ2v) is 4.30. The quantitative estimate of drug-likeness (QED) is 0.801. The molecule has 1 rings (SSSR count). The maximum atomic E-state index is 12.1. The predicted octanol–water partition coefficient (Wildman–Crippen LogP) is 1.36. The number of carbonyl (C=O) groups is 1. The first-order valence-corrected chi connectivity index (χ1v) is 6.18. The first-order chi connectivity index (χ1) is 8.60. The zero-order chi connectivity index (χ0) is 13.5. The number of rotatable bonds is 6. The summed E-state index contributed by atoms with van der Waals surface area (Å²) in [6, 6.07) is 3.35. The van der Waals surface area contributed by atoms with Crippen molar-refractivity contribution in [2.75, 3.05) is 25.5 Å². The van der Waals surface area contributed by atoms with Gasteiger partial charge >= 0.3 is 0 Å². The van der Waals surface area contributed by atoms with Crippen LogP contribution in [0.4, 0.5) is 5.69 Å². The minimum absolute atomic E-state index is 0.0595. The molecule has 18 heavy (non-hydrogen) atoms. The molecule has 0 fully saturated rings. The van der Waals surface area contributed by atoms with Crippen molar-refractivity contribution in [3.63, 3.8) is 0 Å². The molecule has 1 aromatic heterocycles. The van der Waals surface area contributed by atoms with Crippen molar-refractivity contribution in [3.05, 3.63) is 24.0 Å². The summed E-state index contributed by atoms with van der Waals surface area (Å²) in [5.41, 5.74) is 1.28. The Kier molecular flexibility index (Phi) is 5.58. The molecule has 0 aromatic carbocycles. The van der Waals surface area contributed by atoms with Crippen LogP contribution in [0.25, 0.3) is 0 Å². The lowest BCUT2D eigenvalue weighted by molar-refractivity contribution is 0.0676. The average Bonchev–Trinajstić information content (AvgIpc) is 2.42. The van der Waals surface area contributed by atoms with Crippen LogP contribution in [-0.2, 0) is 0 Å². The Hall–Kier alpha value is -1.62. The summed E-state index contributed by atoms with van der Waals surface area (Å²) in [5, 5.41) is 12.3. The van der Waals surface area contributed by atoms with E-state index in [1.165, 1.54) is 4.90 Å². The second-order valence-electron chi connectivity index (χ2n) is 4.30. The molecule has 0 aliphatic carbocycles. The van der Waals surface area contributed by atoms with Crippen LogP contribution in [0.5, 0.6) is 0 Å². The van der Waals surface area contributed by atoms with E-state index in [0.717, 1.165) is 18.7 Å². The van der Waals surface area contributed by atoms with Crippen LogP contribution in [0.2, 0.25) is 0 Å². The molecule has 0 aliphatic heterocycles. The number of anilines is 1. The van der Waals surface area contributed by atoms with E-state index < -0.39 is 0 Å². The first-order valence-electron chi connectivity index (χ1n) is 6.18. The normalized spacial score (nSPS) is 12.0. The largest absolute Gasteiger partial charge is 0.394 e. The predicted molar refractivity (Wildman–Crippen MR) is 71.7 cm³/mol. The SMILES string of the molecule is CCCNc1ccnc(C(=O)N(C)C(C)CO)c1. The summed E-state index contributed by atoms with van der Waals surface area (Å²) in [6.45, 7) is 4.67. The highest BCUT2D eigenvalue weighted by molar-refractivity contribution is 5.93. The number of nitrogens with one attached hydrogen (secondary N) is 1. The molecule has 5 heteroatoms. The molecule has 1 atom stereocenters. The molecule has 0 bridgehead atoms. The van der Waals surface area contributed by atoms with E-state index in [2.05, 4.69) is 17.2 Å². The van der Waals surface area contributed by atoms with Gasteiger partial charge in [0.25, 0.3) is 5.91 Å². The van der Waals surface area contributed by atoms with Gasteiger partial charge in [-0.15, -0.1) is 0 Å². The molecule has 0 saturated carbocycles. The molecule has 1 amide bonds. The molecule has 1 unspecified atom stereocenters. The highest BCUT2D eigenvalue weighted by Gasteiger charge is 2.18. The number of carbonyl (C=O) groups excluding carboxylic acids is 1. The van der Waals surface area contributed by atoms with Gasteiger partial charge in [-0.25, -0.2) is 0 Å². The third-order valence-electron chi connectivity index (χ3n) is 2.80. The molecule has 0 saturated heterocycles. The third-order valence-corrected chi connectivity index (χ3v) is 2.80. The number of hydrogen-bond acceptors (Lipinski definition) is 4. The summed E-state index contributed by atoms with van der Waals surface area (Å²) in [5.74, 6) is -0.184. The van der Waals surface area contributed by atoms with Crippen LogP contribution < -0.4 is 5.32 Å². The number of pyridine rings is 1. The Labute approximate surface area is 108 Å². The van der Waals surface area contributed by atoms with Crippen LogP contribution in [0.1, 0.15) is 30.8 Å². The highest BCUT2D eigenvalue weighted by atomic mass is 16.3. The van der Waals surface area contributed by atoms with Crippen molar-refractivity contribution < 1.29 is 9.90 Å². The Morgan fingerprint density at radius 1 is 1.61 bits per heavy atom. The molecular formula is C13H21N3O2. The molecule has 5 nitrogen and oxygen atoms in total. The Morgan fingerprint density at radius 3 is 2.94 bits per heavy atom. The lowest BCUT2D eigenvalue weighted by Crippen LogP contribution is -2.37. The van der Waals surface area contributed by atoms with Crippen molar-refractivity contribution in [1.29, 1.82) is 0 Å². The number of nitrogens with zero attached hydrogens (tertiary/aromatic N) is 2. The number of amides is 1. The van der Waals surface area contributed by atoms with Gasteiger partial charge in [-0.2, -0.15) is 0 Å². The number of aliphatic hydroxyl groups is 1. The first kappa shape index (κ1) is 14.4. The monoisotopic (exact) mass is 251 g/mol. The van der Waals surface area contributed by atoms with Gasteiger partial charge in [-0.05, 0) is 25.5 Å². The summed E-state index contributed by atoms with van der Waals surface area (Å²) >= 11 is 0. The van der Waals surface area contributed by atoms with Crippen molar-refractivity contribution in [2.45, 2.75) is 26.3 Å². The Morgan fingerprint density at radius 2 is 2.33 bits per heavy atom. The summed E-state index contributed by atoms with van der Waals surface area (Å²) in [7, 11) is 1.66. The van der Waals surface area contributed by atoms with Gasteiger partial charge in [0.1, 0.15) is 5.69 Å². The van der Waals surface area contributed by atoms with Gasteiger partial charge in [0, 0.05) is 25.5 Å². The van der Waals surface area contributed by atoms with Gasteiger partial charge in [-0.1, -0.05) is 6.92 Å². The molecule has 1 aromatic rings. The molecule has 1 heterocycles. The van der Waals surface area contributed by atoms with Gasteiger partial charge in [0.05, 0.1) is 12.6 Å². The van der Waals surface area contributed by atoms with E-state index in [4.69, 9.17) is 5.11 Å². The van der Waals surface area contributed by atoms with E-state index in [1.807, 2.05) is 6.07 Å². The van der Waals surface area contributed by atoms with Crippen LogP contribution in [0.3, 0.4) is 0 Å². The average molecular weight is 251 g/mol. The van der Waals surface area contributed by atoms with Crippen LogP contribution >= 0.6 is 0 Å².